The molecule has 3 rings (SSSR count). The molecule has 0 bridgehead atoms. The second-order valence-corrected chi connectivity index (χ2v) is 4.86. The van der Waals surface area contributed by atoms with E-state index < -0.39 is 17.6 Å². The van der Waals surface area contributed by atoms with Crippen LogP contribution in [0.4, 0.5) is 0 Å². The van der Waals surface area contributed by atoms with Crippen LogP contribution in [0.2, 0.25) is 0 Å². The van der Waals surface area contributed by atoms with Crippen molar-refractivity contribution in [3.63, 3.8) is 0 Å². The lowest BCUT2D eigenvalue weighted by atomic mass is 9.70. The third-order valence-corrected chi connectivity index (χ3v) is 3.74. The van der Waals surface area contributed by atoms with Gasteiger partial charge in [-0.2, -0.15) is 0 Å². The molecule has 0 saturated heterocycles. The predicted octanol–water partition coefficient (Wildman–Crippen LogP) is 2.59. The van der Waals surface area contributed by atoms with Crippen molar-refractivity contribution in [1.82, 2.24) is 0 Å². The molecule has 0 aromatic heterocycles. The average Bonchev–Trinajstić information content (AvgIpc) is 2.42. The molecule has 96 valence electrons. The first-order valence-electron chi connectivity index (χ1n) is 6.00. The minimum Gasteiger partial charge on any atom is -0.508 e. The van der Waals surface area contributed by atoms with E-state index in [1.165, 1.54) is 0 Å². The van der Waals surface area contributed by atoms with Gasteiger partial charge in [0.05, 0.1) is 11.8 Å². The Morgan fingerprint density at radius 2 is 1.58 bits per heavy atom. The molecule has 1 aromatic carbocycles. The van der Waals surface area contributed by atoms with Gasteiger partial charge < -0.3 is 10.2 Å². The molecular weight excluding hydrogens is 244 g/mol. The van der Waals surface area contributed by atoms with Gasteiger partial charge in [0.1, 0.15) is 5.76 Å². The number of allylic oxidation sites excluding steroid dienone is 3. The summed E-state index contributed by atoms with van der Waals surface area (Å²) in [4.78, 5) is 24.8. The van der Waals surface area contributed by atoms with Gasteiger partial charge in [0.2, 0.25) is 0 Å². The number of rotatable bonds is 0. The molecular formula is C15H12O4. The van der Waals surface area contributed by atoms with Crippen LogP contribution in [0.3, 0.4) is 0 Å². The molecule has 0 radical (unpaired) electrons. The van der Waals surface area contributed by atoms with Crippen molar-refractivity contribution in [2.24, 2.45) is 11.8 Å². The van der Waals surface area contributed by atoms with Crippen LogP contribution < -0.4 is 0 Å². The Labute approximate surface area is 109 Å². The largest absolute Gasteiger partial charge is 0.508 e. The molecule has 0 amide bonds. The summed E-state index contributed by atoms with van der Waals surface area (Å²) < 4.78 is 0. The van der Waals surface area contributed by atoms with Crippen LogP contribution >= 0.6 is 0 Å². The van der Waals surface area contributed by atoms with Gasteiger partial charge >= 0.3 is 0 Å². The highest BCUT2D eigenvalue weighted by Gasteiger charge is 2.45. The fraction of sp³-hybridized carbons (Fsp3) is 0.200. The molecule has 4 nitrogen and oxygen atoms in total. The molecule has 0 fully saturated rings. The fourth-order valence-electron chi connectivity index (χ4n) is 2.74. The van der Waals surface area contributed by atoms with Crippen LogP contribution in [0.1, 0.15) is 27.6 Å². The van der Waals surface area contributed by atoms with Crippen molar-refractivity contribution in [2.75, 3.05) is 0 Å². The molecule has 2 atom stereocenters. The zero-order valence-corrected chi connectivity index (χ0v) is 10.3. The van der Waals surface area contributed by atoms with E-state index in [4.69, 9.17) is 0 Å². The van der Waals surface area contributed by atoms with E-state index in [1.54, 1.807) is 37.3 Å². The number of ketones is 2. The molecule has 2 N–H and O–H groups in total. The SMILES string of the molecule is CC1=CC2C(=O)c3ccccc3C(=O)C2C(O)=C1O. The van der Waals surface area contributed by atoms with Crippen molar-refractivity contribution in [3.8, 4) is 0 Å². The third-order valence-electron chi connectivity index (χ3n) is 3.74. The lowest BCUT2D eigenvalue weighted by Gasteiger charge is -2.31. The summed E-state index contributed by atoms with van der Waals surface area (Å²) in [5.41, 5.74) is 1.10. The van der Waals surface area contributed by atoms with Gasteiger partial charge in [0.25, 0.3) is 0 Å². The summed E-state index contributed by atoms with van der Waals surface area (Å²) in [6, 6.07) is 6.57. The smallest absolute Gasteiger partial charge is 0.175 e. The predicted molar refractivity (Wildman–Crippen MR) is 68.1 cm³/mol. The van der Waals surface area contributed by atoms with E-state index in [-0.39, 0.29) is 17.3 Å². The topological polar surface area (TPSA) is 74.6 Å². The number of aliphatic hydroxyl groups is 2. The van der Waals surface area contributed by atoms with Crippen LogP contribution in [0.25, 0.3) is 0 Å². The number of fused-ring (bicyclic) bond motifs is 2. The molecule has 19 heavy (non-hydrogen) atoms. The second kappa shape index (κ2) is 3.82. The highest BCUT2D eigenvalue weighted by molar-refractivity contribution is 6.17. The summed E-state index contributed by atoms with van der Waals surface area (Å²) in [5, 5.41) is 19.7. The Bertz CT molecular complexity index is 666. The number of Topliss-reactive ketones (excluding diaryl/α,β-unsaturated/α-hetero) is 2. The van der Waals surface area contributed by atoms with E-state index in [9.17, 15) is 19.8 Å². The van der Waals surface area contributed by atoms with Gasteiger partial charge in [-0.1, -0.05) is 30.3 Å². The van der Waals surface area contributed by atoms with Crippen LogP contribution in [-0.4, -0.2) is 21.8 Å². The minimum atomic E-state index is -0.994. The van der Waals surface area contributed by atoms with E-state index in [0.29, 0.717) is 16.7 Å². The molecule has 0 saturated carbocycles. The molecule has 1 aromatic rings. The Balaban J connectivity index is 2.24. The first-order valence-corrected chi connectivity index (χ1v) is 6.00. The summed E-state index contributed by atoms with van der Waals surface area (Å²) in [5.74, 6) is -2.95. The summed E-state index contributed by atoms with van der Waals surface area (Å²) in [6.45, 7) is 1.60. The Morgan fingerprint density at radius 1 is 1.00 bits per heavy atom. The van der Waals surface area contributed by atoms with Gasteiger partial charge in [-0.3, -0.25) is 9.59 Å². The van der Waals surface area contributed by atoms with E-state index in [2.05, 4.69) is 0 Å². The highest BCUT2D eigenvalue weighted by Crippen LogP contribution is 2.39. The molecule has 2 unspecified atom stereocenters. The van der Waals surface area contributed by atoms with Gasteiger partial charge in [-0.05, 0) is 12.5 Å². The molecule has 0 heterocycles. The maximum atomic E-state index is 12.4. The van der Waals surface area contributed by atoms with Gasteiger partial charge in [0.15, 0.2) is 17.3 Å². The van der Waals surface area contributed by atoms with Crippen molar-refractivity contribution in [3.05, 3.63) is 58.6 Å². The van der Waals surface area contributed by atoms with E-state index in [1.807, 2.05) is 0 Å². The maximum absolute atomic E-state index is 12.4. The third kappa shape index (κ3) is 1.46. The molecule has 0 spiro atoms. The van der Waals surface area contributed by atoms with Crippen LogP contribution in [0.15, 0.2) is 47.4 Å². The average molecular weight is 256 g/mol. The number of benzene rings is 1. The summed E-state index contributed by atoms with van der Waals surface area (Å²) >= 11 is 0. The zero-order chi connectivity index (χ0) is 13.7. The molecule has 2 aliphatic rings. The second-order valence-electron chi connectivity index (χ2n) is 4.86. The number of carbonyl (C=O) groups is 2. The highest BCUT2D eigenvalue weighted by atomic mass is 16.3. The fourth-order valence-corrected chi connectivity index (χ4v) is 2.74. The number of carbonyl (C=O) groups excluding carboxylic acids is 2. The first kappa shape index (κ1) is 11.7. The zero-order valence-electron chi connectivity index (χ0n) is 10.3. The van der Waals surface area contributed by atoms with Gasteiger partial charge in [-0.25, -0.2) is 0 Å². The van der Waals surface area contributed by atoms with Crippen molar-refractivity contribution in [2.45, 2.75) is 6.92 Å². The Kier molecular flexibility index (Phi) is 2.35. The van der Waals surface area contributed by atoms with Crippen LogP contribution in [0.5, 0.6) is 0 Å². The lowest BCUT2D eigenvalue weighted by Crippen LogP contribution is -2.39. The maximum Gasteiger partial charge on any atom is 0.175 e. The van der Waals surface area contributed by atoms with Crippen LogP contribution in [-0.2, 0) is 0 Å². The lowest BCUT2D eigenvalue weighted by molar-refractivity contribution is 0.0745. The minimum absolute atomic E-state index is 0.196. The van der Waals surface area contributed by atoms with Crippen molar-refractivity contribution in [1.29, 1.82) is 0 Å². The molecule has 0 aliphatic heterocycles. The van der Waals surface area contributed by atoms with Crippen LogP contribution in [0, 0.1) is 11.8 Å². The van der Waals surface area contributed by atoms with Crippen molar-refractivity contribution < 1.29 is 19.8 Å². The number of aliphatic hydroxyl groups excluding tert-OH is 2. The number of hydrogen-bond acceptors (Lipinski definition) is 4. The quantitative estimate of drug-likeness (QED) is 0.748. The van der Waals surface area contributed by atoms with E-state index >= 15 is 0 Å². The normalized spacial score (nSPS) is 25.8. The number of hydrogen-bond donors (Lipinski definition) is 2. The Hall–Kier alpha value is -2.36. The van der Waals surface area contributed by atoms with Gasteiger partial charge in [-0.15, -0.1) is 0 Å². The summed E-state index contributed by atoms with van der Waals surface area (Å²) in [7, 11) is 0. The van der Waals surface area contributed by atoms with E-state index in [0.717, 1.165) is 0 Å². The monoisotopic (exact) mass is 256 g/mol. The van der Waals surface area contributed by atoms with Gasteiger partial charge in [0, 0.05) is 11.1 Å². The Morgan fingerprint density at radius 3 is 2.21 bits per heavy atom. The molecule has 4 heteroatoms. The standard InChI is InChI=1S/C15H12O4/c1-7-6-10-11(15(19)12(7)16)14(18)9-5-3-2-4-8(9)13(10)17/h2-6,10-11,16,19H,1H3. The molecule has 2 aliphatic carbocycles. The summed E-state index contributed by atoms with van der Waals surface area (Å²) in [6.07, 6.45) is 1.55. The first-order chi connectivity index (χ1) is 9.02. The van der Waals surface area contributed by atoms with Crippen molar-refractivity contribution >= 4 is 11.6 Å².